The molecule has 48 heavy (non-hydrogen) atoms. The molecule has 0 saturated heterocycles. The van der Waals surface area contributed by atoms with Gasteiger partial charge in [0.1, 0.15) is 0 Å². The summed E-state index contributed by atoms with van der Waals surface area (Å²) in [5.41, 5.74) is 12.4. The molecule has 0 unspecified atom stereocenters. The molecule has 1 aliphatic rings. The minimum Gasteiger partial charge on any atom is -0.308 e. The highest BCUT2D eigenvalue weighted by Gasteiger charge is 2.33. The van der Waals surface area contributed by atoms with E-state index in [2.05, 4.69) is 150 Å². The Kier molecular flexibility index (Phi) is 5.28. The molecule has 1 aliphatic carbocycles. The van der Waals surface area contributed by atoms with E-state index >= 15 is 0 Å². The van der Waals surface area contributed by atoms with Crippen LogP contribution in [0.4, 0.5) is 0 Å². The van der Waals surface area contributed by atoms with E-state index in [4.69, 9.17) is 9.97 Å². The molecule has 0 saturated carbocycles. The van der Waals surface area contributed by atoms with Crippen molar-refractivity contribution < 1.29 is 0 Å². The number of hydrogen-bond donors (Lipinski definition) is 0. The molecule has 0 spiro atoms. The van der Waals surface area contributed by atoms with Crippen LogP contribution in [0.1, 0.15) is 29.2 Å². The molecule has 7 aromatic carbocycles. The minimum absolute atomic E-state index is 0.0542. The summed E-state index contributed by atoms with van der Waals surface area (Å²) in [5, 5.41) is 9.03. The van der Waals surface area contributed by atoms with Gasteiger partial charge in [-0.1, -0.05) is 121 Å². The van der Waals surface area contributed by atoms with Gasteiger partial charge in [-0.15, -0.1) is 0 Å². The second-order valence-corrected chi connectivity index (χ2v) is 13.2. The van der Waals surface area contributed by atoms with Crippen LogP contribution in [0.2, 0.25) is 0 Å². The molecule has 11 rings (SSSR count). The van der Waals surface area contributed by atoms with Crippen LogP contribution in [-0.4, -0.2) is 14.4 Å². The maximum absolute atomic E-state index is 5.51. The summed E-state index contributed by atoms with van der Waals surface area (Å²) in [5.74, 6) is 0.837. The first kappa shape index (κ1) is 26.1. The first-order chi connectivity index (χ1) is 23.8. The van der Waals surface area contributed by atoms with E-state index < -0.39 is 0 Å². The first-order valence-corrected chi connectivity index (χ1v) is 16.9. The van der Waals surface area contributed by atoms with Gasteiger partial charge in [0.25, 0.3) is 0 Å². The largest absolute Gasteiger partial charge is 0.308 e. The predicted octanol–water partition coefficient (Wildman–Crippen LogP) is 11.3. The maximum Gasteiger partial charge on any atom is 0.160 e. The predicted molar refractivity (Wildman–Crippen MR) is 199 cm³/mol. The number of hydrogen-bond acceptors (Lipinski definition) is 2. The third-order valence-corrected chi connectivity index (χ3v) is 10.8. The molecule has 3 nitrogen and oxygen atoms in total. The fraction of sp³-hybridized carbons (Fsp3) is 0.0667. The van der Waals surface area contributed by atoms with Gasteiger partial charge in [0, 0.05) is 38.4 Å². The van der Waals surface area contributed by atoms with Gasteiger partial charge in [0.15, 0.2) is 5.82 Å². The lowest BCUT2D eigenvalue weighted by Crippen LogP contribution is -2.08. The zero-order valence-corrected chi connectivity index (χ0v) is 26.2. The average Bonchev–Trinajstić information content (AvgIpc) is 3.61. The summed E-state index contributed by atoms with van der Waals surface area (Å²) in [6.45, 7) is 0. The lowest BCUT2D eigenvalue weighted by Gasteiger charge is -2.22. The molecular weight excluding hydrogens is 583 g/mol. The van der Waals surface area contributed by atoms with Crippen molar-refractivity contribution in [2.75, 3.05) is 0 Å². The quantitative estimate of drug-likeness (QED) is 0.195. The highest BCUT2D eigenvalue weighted by molar-refractivity contribution is 6.26. The average molecular weight is 612 g/mol. The number of benzene rings is 7. The van der Waals surface area contributed by atoms with Gasteiger partial charge in [0.2, 0.25) is 0 Å². The van der Waals surface area contributed by atoms with E-state index in [-0.39, 0.29) is 5.92 Å². The van der Waals surface area contributed by atoms with Crippen LogP contribution in [0.15, 0.2) is 146 Å². The molecule has 0 amide bonds. The van der Waals surface area contributed by atoms with Crippen LogP contribution in [-0.2, 0) is 6.42 Å². The van der Waals surface area contributed by atoms with E-state index in [0.29, 0.717) is 0 Å². The van der Waals surface area contributed by atoms with Gasteiger partial charge in [0.05, 0.1) is 27.8 Å². The standard InChI is InChI=1S/C45H29N3/c1-2-13-28(14-3-1)45-46-38-19-9-6-17-33(38)43(47-45)35-25-24-30-29-15-5-4-12-27(29)22-23-31(30)36-26-37-32-16-7-10-20-39(32)48-40-21-11-8-18-34(40)42(41(35)36)44(37)48/h1-23,26,35H,24-25H2/t35-/m1/s1. The van der Waals surface area contributed by atoms with Crippen LogP contribution in [0.5, 0.6) is 0 Å². The molecule has 0 aliphatic heterocycles. The highest BCUT2D eigenvalue weighted by atomic mass is 14.9. The topological polar surface area (TPSA) is 30.2 Å². The van der Waals surface area contributed by atoms with Gasteiger partial charge < -0.3 is 4.40 Å². The maximum atomic E-state index is 5.51. The number of aryl methyl sites for hydroxylation is 1. The van der Waals surface area contributed by atoms with Crippen LogP contribution < -0.4 is 0 Å². The molecule has 10 aromatic rings. The zero-order chi connectivity index (χ0) is 31.3. The van der Waals surface area contributed by atoms with Crippen molar-refractivity contribution in [1.82, 2.24) is 14.4 Å². The highest BCUT2D eigenvalue weighted by Crippen LogP contribution is 2.52. The van der Waals surface area contributed by atoms with Gasteiger partial charge >= 0.3 is 0 Å². The van der Waals surface area contributed by atoms with Crippen LogP contribution in [0.3, 0.4) is 0 Å². The Labute approximate surface area is 277 Å². The number of para-hydroxylation sites is 3. The number of fused-ring (bicyclic) bond motifs is 13. The normalized spacial score (nSPS) is 14.7. The summed E-state index contributed by atoms with van der Waals surface area (Å²) >= 11 is 0. The summed E-state index contributed by atoms with van der Waals surface area (Å²) in [7, 11) is 0. The minimum atomic E-state index is 0.0542. The smallest absolute Gasteiger partial charge is 0.160 e. The van der Waals surface area contributed by atoms with E-state index in [9.17, 15) is 0 Å². The van der Waals surface area contributed by atoms with Gasteiger partial charge in [-0.05, 0) is 70.1 Å². The van der Waals surface area contributed by atoms with Crippen molar-refractivity contribution in [1.29, 1.82) is 0 Å². The molecule has 0 fully saturated rings. The lowest BCUT2D eigenvalue weighted by molar-refractivity contribution is 0.716. The molecular formula is C45H29N3. The van der Waals surface area contributed by atoms with Gasteiger partial charge in [-0.25, -0.2) is 9.97 Å². The van der Waals surface area contributed by atoms with E-state index in [1.807, 2.05) is 0 Å². The van der Waals surface area contributed by atoms with Gasteiger partial charge in [-0.2, -0.15) is 0 Å². The number of rotatable bonds is 2. The van der Waals surface area contributed by atoms with Gasteiger partial charge in [-0.3, -0.25) is 0 Å². The molecule has 0 radical (unpaired) electrons. The molecule has 3 aromatic heterocycles. The molecule has 0 bridgehead atoms. The Morgan fingerprint density at radius 2 is 1.23 bits per heavy atom. The second-order valence-electron chi connectivity index (χ2n) is 13.2. The molecule has 0 N–H and O–H groups in total. The van der Waals surface area contributed by atoms with Crippen molar-refractivity contribution in [3.05, 3.63) is 162 Å². The van der Waals surface area contributed by atoms with Crippen LogP contribution in [0.25, 0.3) is 82.3 Å². The lowest BCUT2D eigenvalue weighted by atomic mass is 9.83. The molecule has 3 heteroatoms. The number of nitrogens with zero attached hydrogens (tertiary/aromatic N) is 3. The van der Waals surface area contributed by atoms with Crippen LogP contribution in [0, 0.1) is 0 Å². The summed E-state index contributed by atoms with van der Waals surface area (Å²) < 4.78 is 2.51. The summed E-state index contributed by atoms with van der Waals surface area (Å²) in [4.78, 5) is 10.6. The summed E-state index contributed by atoms with van der Waals surface area (Å²) in [6, 6.07) is 53.0. The van der Waals surface area contributed by atoms with Crippen molar-refractivity contribution >= 4 is 59.8 Å². The zero-order valence-electron chi connectivity index (χ0n) is 26.2. The van der Waals surface area contributed by atoms with Crippen LogP contribution >= 0.6 is 0 Å². The monoisotopic (exact) mass is 611 g/mol. The molecule has 1 atom stereocenters. The fourth-order valence-electron chi connectivity index (χ4n) is 8.78. The van der Waals surface area contributed by atoms with Crippen molar-refractivity contribution in [2.24, 2.45) is 0 Å². The van der Waals surface area contributed by atoms with Crippen molar-refractivity contribution in [2.45, 2.75) is 18.8 Å². The second kappa shape index (κ2) is 9.73. The Bertz CT molecular complexity index is 2900. The van der Waals surface area contributed by atoms with Crippen molar-refractivity contribution in [3.8, 4) is 22.5 Å². The van der Waals surface area contributed by atoms with E-state index in [1.54, 1.807) is 0 Å². The number of aromatic nitrogens is 3. The SMILES string of the molecule is c1ccc(-c2nc([C@@H]3CCc4c(ccc5ccccc45)-c4cc5c6ccccc6n6c7ccccc7c(c43)c56)c3ccccc3n2)cc1. The van der Waals surface area contributed by atoms with E-state index in [1.165, 1.54) is 71.1 Å². The first-order valence-electron chi connectivity index (χ1n) is 16.9. The molecule has 3 heterocycles. The third-order valence-electron chi connectivity index (χ3n) is 10.8. The third kappa shape index (κ3) is 3.48. The fourth-order valence-corrected chi connectivity index (χ4v) is 8.78. The Morgan fingerprint density at radius 1 is 0.542 bits per heavy atom. The Hall–Kier alpha value is -6.06. The molecule has 224 valence electrons. The Balaban J connectivity index is 1.34. The van der Waals surface area contributed by atoms with Crippen molar-refractivity contribution in [3.63, 3.8) is 0 Å². The Morgan fingerprint density at radius 3 is 2.08 bits per heavy atom. The summed E-state index contributed by atoms with van der Waals surface area (Å²) in [6.07, 6.45) is 1.91. The van der Waals surface area contributed by atoms with E-state index in [0.717, 1.165) is 40.8 Å².